The van der Waals surface area contributed by atoms with Gasteiger partial charge in [-0.1, -0.05) is 13.0 Å². The number of hydrogen-bond acceptors (Lipinski definition) is 5. The molecule has 1 atom stereocenters. The highest BCUT2D eigenvalue weighted by Gasteiger charge is 2.44. The second-order valence-electron chi connectivity index (χ2n) is 8.65. The second kappa shape index (κ2) is 8.26. The van der Waals surface area contributed by atoms with E-state index in [4.69, 9.17) is 0 Å². The first-order valence-electron chi connectivity index (χ1n) is 10.7. The molecule has 0 radical (unpaired) electrons. The lowest BCUT2D eigenvalue weighted by molar-refractivity contribution is 0.317. The van der Waals surface area contributed by atoms with Gasteiger partial charge in [0.25, 0.3) is 0 Å². The van der Waals surface area contributed by atoms with E-state index in [1.165, 1.54) is 4.31 Å². The first kappa shape index (κ1) is 21.2. The highest BCUT2D eigenvalue weighted by atomic mass is 32.2. The highest BCUT2D eigenvalue weighted by molar-refractivity contribution is 7.90. The molecule has 0 amide bonds. The van der Waals surface area contributed by atoms with Crippen LogP contribution in [-0.4, -0.2) is 51.9 Å². The van der Waals surface area contributed by atoms with Gasteiger partial charge in [0.15, 0.2) is 0 Å². The van der Waals surface area contributed by atoms with Crippen molar-refractivity contribution in [3.8, 4) is 0 Å². The maximum absolute atomic E-state index is 14.9. The average molecular weight is 436 g/mol. The van der Waals surface area contributed by atoms with E-state index in [0.29, 0.717) is 31.0 Å². The van der Waals surface area contributed by atoms with Crippen LogP contribution in [0.1, 0.15) is 57.6 Å². The van der Waals surface area contributed by atoms with Gasteiger partial charge >= 0.3 is 0 Å². The van der Waals surface area contributed by atoms with Crippen LogP contribution in [0, 0.1) is 5.82 Å². The number of nitrogens with zero attached hydrogens (tertiary/aromatic N) is 5. The fourth-order valence-electron chi connectivity index (χ4n) is 4.58. The van der Waals surface area contributed by atoms with Gasteiger partial charge in [-0.25, -0.2) is 12.8 Å². The normalized spacial score (nSPS) is 25.5. The molecular formula is C21H30FN5O2S. The highest BCUT2D eigenvalue weighted by Crippen LogP contribution is 2.36. The third kappa shape index (κ3) is 3.85. The minimum Gasteiger partial charge on any atom is -0.371 e. The van der Waals surface area contributed by atoms with Crippen LogP contribution in [0.4, 0.5) is 10.1 Å². The molecule has 0 aliphatic carbocycles. The third-order valence-electron chi connectivity index (χ3n) is 6.89. The zero-order valence-electron chi connectivity index (χ0n) is 17.7. The molecular weight excluding hydrogens is 405 g/mol. The van der Waals surface area contributed by atoms with Gasteiger partial charge in [-0.05, 0) is 51.2 Å². The molecule has 2 fully saturated rings. The van der Waals surface area contributed by atoms with E-state index < -0.39 is 14.8 Å². The van der Waals surface area contributed by atoms with Crippen molar-refractivity contribution < 1.29 is 12.8 Å². The topological polar surface area (TPSA) is 71.3 Å². The summed E-state index contributed by atoms with van der Waals surface area (Å²) in [4.78, 5) is 2.18. The van der Waals surface area contributed by atoms with E-state index in [1.807, 2.05) is 17.6 Å². The Hall–Kier alpha value is -2.00. The smallest absolute Gasteiger partial charge is 0.219 e. The van der Waals surface area contributed by atoms with E-state index in [-0.39, 0.29) is 12.4 Å². The fraction of sp³-hybridized carbons (Fsp3) is 0.619. The maximum atomic E-state index is 14.9. The molecule has 9 heteroatoms. The number of piperidine rings is 1. The van der Waals surface area contributed by atoms with Gasteiger partial charge in [-0.3, -0.25) is 0 Å². The van der Waals surface area contributed by atoms with Gasteiger partial charge in [0.05, 0.1) is 4.75 Å². The van der Waals surface area contributed by atoms with Crippen LogP contribution in [0.5, 0.6) is 0 Å². The Balaban J connectivity index is 1.44. The van der Waals surface area contributed by atoms with Crippen LogP contribution in [0.15, 0.2) is 30.9 Å². The molecule has 4 rings (SSSR count). The summed E-state index contributed by atoms with van der Waals surface area (Å²) in [6.07, 6.45) is 7.42. The van der Waals surface area contributed by atoms with Crippen LogP contribution in [0.25, 0.3) is 0 Å². The molecule has 0 saturated carbocycles. The van der Waals surface area contributed by atoms with Gasteiger partial charge < -0.3 is 9.47 Å². The minimum atomic E-state index is -3.44. The minimum absolute atomic E-state index is 0.0970. The SMILES string of the molecule is CC[C@]1(C)CCCN(Cc2ccc(N3CCC(n4cnnc4)CC3)cc2F)S1(=O)=O. The number of anilines is 1. The summed E-state index contributed by atoms with van der Waals surface area (Å²) in [6, 6.07) is 5.57. The third-order valence-corrected chi connectivity index (χ3v) is 9.62. The summed E-state index contributed by atoms with van der Waals surface area (Å²) in [7, 11) is -3.44. The van der Waals surface area contributed by atoms with E-state index in [2.05, 4.69) is 15.1 Å². The van der Waals surface area contributed by atoms with Gasteiger partial charge in [0, 0.05) is 43.5 Å². The molecule has 0 bridgehead atoms. The van der Waals surface area contributed by atoms with Crippen LogP contribution in [0.3, 0.4) is 0 Å². The van der Waals surface area contributed by atoms with Crippen molar-refractivity contribution in [1.29, 1.82) is 0 Å². The summed E-state index contributed by atoms with van der Waals surface area (Å²) >= 11 is 0. The number of sulfonamides is 1. The fourth-order valence-corrected chi connectivity index (χ4v) is 6.65. The van der Waals surface area contributed by atoms with E-state index >= 15 is 0 Å². The molecule has 1 aromatic carbocycles. The zero-order chi connectivity index (χ0) is 21.4. The Morgan fingerprint density at radius 2 is 1.87 bits per heavy atom. The van der Waals surface area contributed by atoms with Crippen molar-refractivity contribution in [2.75, 3.05) is 24.5 Å². The van der Waals surface area contributed by atoms with Gasteiger partial charge in [-0.15, -0.1) is 10.2 Å². The van der Waals surface area contributed by atoms with Crippen molar-refractivity contribution in [2.24, 2.45) is 0 Å². The largest absolute Gasteiger partial charge is 0.371 e. The number of benzene rings is 1. The summed E-state index contributed by atoms with van der Waals surface area (Å²) in [5, 5.41) is 7.74. The Bertz CT molecular complexity index is 973. The van der Waals surface area contributed by atoms with E-state index in [9.17, 15) is 12.8 Å². The molecule has 0 unspecified atom stereocenters. The van der Waals surface area contributed by atoms with E-state index in [1.54, 1.807) is 31.7 Å². The summed E-state index contributed by atoms with van der Waals surface area (Å²) in [6.45, 7) is 5.92. The molecule has 1 aromatic heterocycles. The van der Waals surface area contributed by atoms with Gasteiger partial charge in [0.1, 0.15) is 18.5 Å². The Morgan fingerprint density at radius 3 is 2.50 bits per heavy atom. The first-order valence-corrected chi connectivity index (χ1v) is 12.2. The molecule has 2 saturated heterocycles. The van der Waals surface area contributed by atoms with Gasteiger partial charge in [-0.2, -0.15) is 4.31 Å². The van der Waals surface area contributed by atoms with Gasteiger partial charge in [0.2, 0.25) is 10.0 Å². The van der Waals surface area contributed by atoms with Crippen molar-refractivity contribution in [2.45, 2.75) is 63.3 Å². The van der Waals surface area contributed by atoms with Crippen LogP contribution >= 0.6 is 0 Å². The Labute approximate surface area is 177 Å². The number of aromatic nitrogens is 3. The van der Waals surface area contributed by atoms with Crippen molar-refractivity contribution >= 4 is 15.7 Å². The monoisotopic (exact) mass is 435 g/mol. The van der Waals surface area contributed by atoms with E-state index in [0.717, 1.165) is 38.0 Å². The Morgan fingerprint density at radius 1 is 1.17 bits per heavy atom. The lowest BCUT2D eigenvalue weighted by Crippen LogP contribution is -2.50. The summed E-state index contributed by atoms with van der Waals surface area (Å²) in [5.41, 5.74) is 1.28. The molecule has 2 aliphatic rings. The average Bonchev–Trinajstić information content (AvgIpc) is 3.28. The molecule has 0 N–H and O–H groups in total. The zero-order valence-corrected chi connectivity index (χ0v) is 18.5. The number of rotatable bonds is 5. The van der Waals surface area contributed by atoms with Crippen molar-refractivity contribution in [1.82, 2.24) is 19.1 Å². The number of hydrogen-bond donors (Lipinski definition) is 0. The predicted octanol–water partition coefficient (Wildman–Crippen LogP) is 3.35. The molecule has 2 aliphatic heterocycles. The maximum Gasteiger partial charge on any atom is 0.219 e. The quantitative estimate of drug-likeness (QED) is 0.720. The van der Waals surface area contributed by atoms with Crippen molar-refractivity contribution in [3.63, 3.8) is 0 Å². The van der Waals surface area contributed by atoms with Crippen LogP contribution < -0.4 is 4.90 Å². The first-order chi connectivity index (χ1) is 14.3. The Kier molecular flexibility index (Phi) is 5.85. The lowest BCUT2D eigenvalue weighted by atomic mass is 10.0. The predicted molar refractivity (Wildman–Crippen MR) is 114 cm³/mol. The molecule has 0 spiro atoms. The molecule has 164 valence electrons. The number of halogens is 1. The molecule has 30 heavy (non-hydrogen) atoms. The standard InChI is InChI=1S/C21H30FN5O2S/c1-3-21(2)9-4-10-27(30(21,28)29)14-17-5-6-19(13-20(17)22)25-11-7-18(8-12-25)26-15-23-24-16-26/h5-6,13,15-16,18H,3-4,7-12,14H2,1-2H3/t21-/m1/s1. The molecule has 7 nitrogen and oxygen atoms in total. The summed E-state index contributed by atoms with van der Waals surface area (Å²) in [5.74, 6) is -0.340. The lowest BCUT2D eigenvalue weighted by Gasteiger charge is -2.39. The molecule has 3 heterocycles. The van der Waals surface area contributed by atoms with Crippen LogP contribution in [0.2, 0.25) is 0 Å². The second-order valence-corrected chi connectivity index (χ2v) is 11.1. The molecule has 2 aromatic rings. The summed E-state index contributed by atoms with van der Waals surface area (Å²) < 4.78 is 43.7. The van der Waals surface area contributed by atoms with Crippen molar-refractivity contribution in [3.05, 3.63) is 42.2 Å². The van der Waals surface area contributed by atoms with Crippen LogP contribution in [-0.2, 0) is 16.6 Å².